The summed E-state index contributed by atoms with van der Waals surface area (Å²) in [5.74, 6) is 1.25. The summed E-state index contributed by atoms with van der Waals surface area (Å²) < 4.78 is 0. The first kappa shape index (κ1) is 9.05. The van der Waals surface area contributed by atoms with E-state index in [-0.39, 0.29) is 5.60 Å². The van der Waals surface area contributed by atoms with E-state index in [1.807, 2.05) is 0 Å². The molecular weight excluding hydrogens is 136 g/mol. The fraction of sp³-hybridized carbons (Fsp3) is 1.00. The van der Waals surface area contributed by atoms with Gasteiger partial charge in [0.15, 0.2) is 0 Å². The van der Waals surface area contributed by atoms with Gasteiger partial charge >= 0.3 is 0 Å². The Morgan fingerprint density at radius 3 is 2.27 bits per heavy atom. The monoisotopic (exact) mass is 156 g/mol. The minimum absolute atomic E-state index is 0.325. The van der Waals surface area contributed by atoms with Crippen LogP contribution < -0.4 is 0 Å². The molecule has 0 aliphatic heterocycles. The zero-order valence-electron chi connectivity index (χ0n) is 7.93. The predicted molar refractivity (Wildman–Crippen MR) is 47.4 cm³/mol. The van der Waals surface area contributed by atoms with Crippen LogP contribution in [0.4, 0.5) is 0 Å². The fourth-order valence-corrected chi connectivity index (χ4v) is 1.93. The second kappa shape index (κ2) is 3.14. The van der Waals surface area contributed by atoms with Crippen LogP contribution in [-0.4, -0.2) is 10.7 Å². The zero-order valence-corrected chi connectivity index (χ0v) is 7.93. The predicted octanol–water partition coefficient (Wildman–Crippen LogP) is 2.58. The molecule has 1 atom stereocenters. The number of rotatable bonds is 4. The highest BCUT2D eigenvalue weighted by Crippen LogP contribution is 2.44. The Morgan fingerprint density at radius 2 is 2.00 bits per heavy atom. The van der Waals surface area contributed by atoms with Crippen LogP contribution in [0, 0.1) is 11.8 Å². The van der Waals surface area contributed by atoms with E-state index in [1.165, 1.54) is 12.8 Å². The normalized spacial score (nSPS) is 23.7. The van der Waals surface area contributed by atoms with E-state index in [4.69, 9.17) is 0 Å². The summed E-state index contributed by atoms with van der Waals surface area (Å²) in [6, 6.07) is 0. The van der Waals surface area contributed by atoms with Gasteiger partial charge in [0, 0.05) is 0 Å². The quantitative estimate of drug-likeness (QED) is 0.663. The maximum atomic E-state index is 10.1. The molecule has 11 heavy (non-hydrogen) atoms. The van der Waals surface area contributed by atoms with Gasteiger partial charge in [-0.25, -0.2) is 0 Å². The van der Waals surface area contributed by atoms with Crippen molar-refractivity contribution in [2.75, 3.05) is 0 Å². The van der Waals surface area contributed by atoms with Crippen molar-refractivity contribution < 1.29 is 5.11 Å². The molecule has 0 heterocycles. The van der Waals surface area contributed by atoms with Crippen molar-refractivity contribution in [3.8, 4) is 0 Å². The topological polar surface area (TPSA) is 20.2 Å². The molecule has 0 radical (unpaired) electrons. The molecule has 0 bridgehead atoms. The lowest BCUT2D eigenvalue weighted by atomic mass is 9.86. The fourth-order valence-electron chi connectivity index (χ4n) is 1.93. The standard InChI is InChI=1S/C10H20O/c1-4-10(11,7-8(2)3)9-5-6-9/h8-9,11H,4-7H2,1-3H3. The van der Waals surface area contributed by atoms with Gasteiger partial charge in [0.2, 0.25) is 0 Å². The molecule has 0 aromatic heterocycles. The van der Waals surface area contributed by atoms with Crippen molar-refractivity contribution in [2.45, 2.75) is 52.1 Å². The summed E-state index contributed by atoms with van der Waals surface area (Å²) in [6.07, 6.45) is 4.40. The van der Waals surface area contributed by atoms with Crippen molar-refractivity contribution in [3.05, 3.63) is 0 Å². The smallest absolute Gasteiger partial charge is 0.0675 e. The van der Waals surface area contributed by atoms with Gasteiger partial charge in [0.1, 0.15) is 0 Å². The van der Waals surface area contributed by atoms with Gasteiger partial charge in [-0.2, -0.15) is 0 Å². The third-order valence-electron chi connectivity index (χ3n) is 2.71. The average molecular weight is 156 g/mol. The van der Waals surface area contributed by atoms with Crippen LogP contribution in [-0.2, 0) is 0 Å². The number of aliphatic hydroxyl groups is 1. The molecule has 66 valence electrons. The first-order valence-corrected chi connectivity index (χ1v) is 4.81. The SMILES string of the molecule is CCC(O)(CC(C)C)C1CC1. The highest BCUT2D eigenvalue weighted by atomic mass is 16.3. The molecule has 1 fully saturated rings. The lowest BCUT2D eigenvalue weighted by Gasteiger charge is -2.28. The summed E-state index contributed by atoms with van der Waals surface area (Å²) >= 11 is 0. The van der Waals surface area contributed by atoms with Gasteiger partial charge in [-0.05, 0) is 37.5 Å². The molecule has 1 saturated carbocycles. The summed E-state index contributed by atoms with van der Waals surface area (Å²) in [6.45, 7) is 6.46. The lowest BCUT2D eigenvalue weighted by molar-refractivity contribution is -0.00569. The second-order valence-corrected chi connectivity index (χ2v) is 4.33. The minimum Gasteiger partial charge on any atom is -0.390 e. The van der Waals surface area contributed by atoms with E-state index in [0.717, 1.165) is 12.8 Å². The average Bonchev–Trinajstić information content (AvgIpc) is 2.66. The summed E-state index contributed by atoms with van der Waals surface area (Å²) in [5, 5.41) is 10.1. The molecule has 1 aliphatic carbocycles. The number of hydrogen-bond donors (Lipinski definition) is 1. The van der Waals surface area contributed by atoms with Crippen molar-refractivity contribution in [1.29, 1.82) is 0 Å². The Hall–Kier alpha value is -0.0400. The van der Waals surface area contributed by atoms with Crippen LogP contribution in [0.1, 0.15) is 46.5 Å². The van der Waals surface area contributed by atoms with Crippen LogP contribution in [0.5, 0.6) is 0 Å². The minimum atomic E-state index is -0.325. The number of hydrogen-bond acceptors (Lipinski definition) is 1. The molecule has 0 saturated heterocycles. The molecular formula is C10H20O. The Balaban J connectivity index is 2.44. The molecule has 0 spiro atoms. The summed E-state index contributed by atoms with van der Waals surface area (Å²) in [7, 11) is 0. The van der Waals surface area contributed by atoms with Crippen LogP contribution in [0.2, 0.25) is 0 Å². The van der Waals surface area contributed by atoms with Crippen molar-refractivity contribution in [2.24, 2.45) is 11.8 Å². The summed E-state index contributed by atoms with van der Waals surface area (Å²) in [5.41, 5.74) is -0.325. The molecule has 1 N–H and O–H groups in total. The third-order valence-corrected chi connectivity index (χ3v) is 2.71. The first-order chi connectivity index (χ1) is 5.08. The van der Waals surface area contributed by atoms with Crippen molar-refractivity contribution >= 4 is 0 Å². The highest BCUT2D eigenvalue weighted by molar-refractivity contribution is 4.93. The maximum Gasteiger partial charge on any atom is 0.0675 e. The van der Waals surface area contributed by atoms with Gasteiger partial charge in [0.25, 0.3) is 0 Å². The molecule has 1 unspecified atom stereocenters. The van der Waals surface area contributed by atoms with E-state index in [1.54, 1.807) is 0 Å². The van der Waals surface area contributed by atoms with Gasteiger partial charge in [0.05, 0.1) is 5.60 Å². The largest absolute Gasteiger partial charge is 0.390 e. The molecule has 1 aliphatic rings. The van der Waals surface area contributed by atoms with Crippen LogP contribution >= 0.6 is 0 Å². The zero-order chi connectivity index (χ0) is 8.48. The molecule has 1 rings (SSSR count). The lowest BCUT2D eigenvalue weighted by Crippen LogP contribution is -2.32. The van der Waals surface area contributed by atoms with E-state index in [9.17, 15) is 5.11 Å². The van der Waals surface area contributed by atoms with Gasteiger partial charge in [-0.3, -0.25) is 0 Å². The van der Waals surface area contributed by atoms with Crippen molar-refractivity contribution in [3.63, 3.8) is 0 Å². The molecule has 0 aromatic carbocycles. The van der Waals surface area contributed by atoms with E-state index < -0.39 is 0 Å². The molecule has 0 amide bonds. The van der Waals surface area contributed by atoms with Crippen LogP contribution in [0.25, 0.3) is 0 Å². The Bertz CT molecular complexity index is 127. The third kappa shape index (κ3) is 2.19. The Kier molecular flexibility index (Phi) is 2.58. The van der Waals surface area contributed by atoms with Crippen molar-refractivity contribution in [1.82, 2.24) is 0 Å². The Labute approximate surface area is 69.8 Å². The van der Waals surface area contributed by atoms with Crippen LogP contribution in [0.3, 0.4) is 0 Å². The highest BCUT2D eigenvalue weighted by Gasteiger charge is 2.42. The van der Waals surface area contributed by atoms with Gasteiger partial charge in [-0.1, -0.05) is 20.8 Å². The van der Waals surface area contributed by atoms with E-state index in [2.05, 4.69) is 20.8 Å². The molecule has 1 nitrogen and oxygen atoms in total. The van der Waals surface area contributed by atoms with E-state index in [0.29, 0.717) is 11.8 Å². The maximum absolute atomic E-state index is 10.1. The molecule has 0 aromatic rings. The summed E-state index contributed by atoms with van der Waals surface area (Å²) in [4.78, 5) is 0. The van der Waals surface area contributed by atoms with Crippen LogP contribution in [0.15, 0.2) is 0 Å². The Morgan fingerprint density at radius 1 is 1.45 bits per heavy atom. The molecule has 1 heteroatoms. The van der Waals surface area contributed by atoms with E-state index >= 15 is 0 Å². The van der Waals surface area contributed by atoms with Gasteiger partial charge in [-0.15, -0.1) is 0 Å². The van der Waals surface area contributed by atoms with Gasteiger partial charge < -0.3 is 5.11 Å². The second-order valence-electron chi connectivity index (χ2n) is 4.33. The first-order valence-electron chi connectivity index (χ1n) is 4.81.